The standard InChI is InChI=1S/C25H35N3O3S/c1-20-12-16-27(17-13-20)15-7-14-26-25(29)19-28(24-18-21(2)10-11-22(24)3)32(30,31)23-8-5-4-6-9-23/h4-6,8-11,18,20H,7,12-17,19H2,1-3H3,(H,26,29). The summed E-state index contributed by atoms with van der Waals surface area (Å²) in [5, 5.41) is 2.92. The molecule has 1 aliphatic heterocycles. The van der Waals surface area contributed by atoms with Gasteiger partial charge in [0.05, 0.1) is 10.6 Å². The van der Waals surface area contributed by atoms with E-state index < -0.39 is 10.0 Å². The van der Waals surface area contributed by atoms with Gasteiger partial charge in [0.1, 0.15) is 6.54 Å². The molecule has 1 heterocycles. The van der Waals surface area contributed by atoms with Crippen molar-refractivity contribution in [3.63, 3.8) is 0 Å². The fourth-order valence-corrected chi connectivity index (χ4v) is 5.51. The van der Waals surface area contributed by atoms with Gasteiger partial charge in [0, 0.05) is 6.54 Å². The average Bonchev–Trinajstić information content (AvgIpc) is 2.78. The van der Waals surface area contributed by atoms with Gasteiger partial charge in [-0.1, -0.05) is 37.3 Å². The number of aryl methyl sites for hydroxylation is 2. The van der Waals surface area contributed by atoms with Crippen LogP contribution in [0.1, 0.15) is 37.3 Å². The second-order valence-electron chi connectivity index (χ2n) is 8.84. The first-order valence-electron chi connectivity index (χ1n) is 11.4. The molecule has 0 radical (unpaired) electrons. The van der Waals surface area contributed by atoms with E-state index >= 15 is 0 Å². The Kier molecular flexibility index (Phi) is 8.32. The number of likely N-dealkylation sites (tertiary alicyclic amines) is 1. The van der Waals surface area contributed by atoms with Crippen molar-refractivity contribution in [2.75, 3.05) is 37.0 Å². The maximum atomic E-state index is 13.4. The summed E-state index contributed by atoms with van der Waals surface area (Å²) in [5.41, 5.74) is 2.28. The summed E-state index contributed by atoms with van der Waals surface area (Å²) in [6, 6.07) is 13.9. The molecule has 3 rings (SSSR count). The third kappa shape index (κ3) is 6.33. The summed E-state index contributed by atoms with van der Waals surface area (Å²) in [6.45, 7) is 9.55. The molecule has 2 aromatic carbocycles. The zero-order valence-electron chi connectivity index (χ0n) is 19.4. The molecule has 0 spiro atoms. The van der Waals surface area contributed by atoms with Crippen LogP contribution >= 0.6 is 0 Å². The molecule has 0 atom stereocenters. The second-order valence-corrected chi connectivity index (χ2v) is 10.7. The quantitative estimate of drug-likeness (QED) is 0.583. The Balaban J connectivity index is 1.67. The third-order valence-corrected chi connectivity index (χ3v) is 7.88. The van der Waals surface area contributed by atoms with Crippen molar-refractivity contribution in [3.8, 4) is 0 Å². The van der Waals surface area contributed by atoms with Crippen LogP contribution in [0.25, 0.3) is 0 Å². The molecule has 0 aromatic heterocycles. The topological polar surface area (TPSA) is 69.7 Å². The van der Waals surface area contributed by atoms with Crippen molar-refractivity contribution >= 4 is 21.6 Å². The number of anilines is 1. The van der Waals surface area contributed by atoms with Gasteiger partial charge in [0.2, 0.25) is 5.91 Å². The van der Waals surface area contributed by atoms with Crippen LogP contribution in [0.3, 0.4) is 0 Å². The highest BCUT2D eigenvalue weighted by Gasteiger charge is 2.28. The van der Waals surface area contributed by atoms with Crippen LogP contribution in [-0.2, 0) is 14.8 Å². The Bertz CT molecular complexity index is 1000. The van der Waals surface area contributed by atoms with E-state index in [1.165, 1.54) is 17.1 Å². The predicted molar refractivity (Wildman–Crippen MR) is 129 cm³/mol. The van der Waals surface area contributed by atoms with Crippen LogP contribution in [0, 0.1) is 19.8 Å². The zero-order chi connectivity index (χ0) is 23.1. The summed E-state index contributed by atoms with van der Waals surface area (Å²) < 4.78 is 28.1. The van der Waals surface area contributed by atoms with Gasteiger partial charge >= 0.3 is 0 Å². The lowest BCUT2D eigenvalue weighted by atomic mass is 9.99. The minimum Gasteiger partial charge on any atom is -0.354 e. The Morgan fingerprint density at radius 1 is 1.09 bits per heavy atom. The molecule has 0 aliphatic carbocycles. The van der Waals surface area contributed by atoms with Gasteiger partial charge in [-0.2, -0.15) is 0 Å². The molecule has 2 aromatic rings. The number of piperidine rings is 1. The molecule has 0 unspecified atom stereocenters. The van der Waals surface area contributed by atoms with Crippen molar-refractivity contribution in [1.29, 1.82) is 0 Å². The van der Waals surface area contributed by atoms with Crippen LogP contribution < -0.4 is 9.62 Å². The maximum absolute atomic E-state index is 13.4. The molecule has 174 valence electrons. The molecule has 32 heavy (non-hydrogen) atoms. The Hall–Kier alpha value is -2.38. The summed E-state index contributed by atoms with van der Waals surface area (Å²) in [4.78, 5) is 15.4. The molecule has 7 heteroatoms. The first-order chi connectivity index (χ1) is 15.3. The van der Waals surface area contributed by atoms with E-state index in [1.54, 1.807) is 30.3 Å². The number of rotatable bonds is 9. The first kappa shape index (κ1) is 24.3. The molecule has 1 aliphatic rings. The Morgan fingerprint density at radius 3 is 2.47 bits per heavy atom. The fourth-order valence-electron chi connectivity index (χ4n) is 4.01. The summed E-state index contributed by atoms with van der Waals surface area (Å²) >= 11 is 0. The van der Waals surface area contributed by atoms with Gasteiger partial charge in [-0.3, -0.25) is 9.10 Å². The number of amides is 1. The molecule has 0 saturated carbocycles. The Labute approximate surface area is 192 Å². The van der Waals surface area contributed by atoms with E-state index in [4.69, 9.17) is 0 Å². The molecular weight excluding hydrogens is 422 g/mol. The summed E-state index contributed by atoms with van der Waals surface area (Å²) in [7, 11) is -3.88. The highest BCUT2D eigenvalue weighted by Crippen LogP contribution is 2.27. The number of benzene rings is 2. The van der Waals surface area contributed by atoms with E-state index in [9.17, 15) is 13.2 Å². The number of carbonyl (C=O) groups excluding carboxylic acids is 1. The monoisotopic (exact) mass is 457 g/mol. The van der Waals surface area contributed by atoms with Crippen molar-refractivity contribution in [2.45, 2.75) is 44.9 Å². The van der Waals surface area contributed by atoms with E-state index in [-0.39, 0.29) is 17.3 Å². The molecular formula is C25H35N3O3S. The van der Waals surface area contributed by atoms with E-state index in [0.717, 1.165) is 43.1 Å². The van der Waals surface area contributed by atoms with Crippen molar-refractivity contribution in [3.05, 3.63) is 59.7 Å². The molecule has 1 amide bonds. The van der Waals surface area contributed by atoms with E-state index in [0.29, 0.717) is 12.2 Å². The fraction of sp³-hybridized carbons (Fsp3) is 0.480. The summed E-state index contributed by atoms with van der Waals surface area (Å²) in [6.07, 6.45) is 3.32. The lowest BCUT2D eigenvalue weighted by Crippen LogP contribution is -2.42. The maximum Gasteiger partial charge on any atom is 0.264 e. The van der Waals surface area contributed by atoms with E-state index in [2.05, 4.69) is 17.1 Å². The van der Waals surface area contributed by atoms with Crippen LogP contribution in [0.4, 0.5) is 5.69 Å². The van der Waals surface area contributed by atoms with Crippen molar-refractivity contribution < 1.29 is 13.2 Å². The first-order valence-corrected chi connectivity index (χ1v) is 12.9. The van der Waals surface area contributed by atoms with Crippen LogP contribution in [-0.4, -0.2) is 51.9 Å². The number of nitrogens with zero attached hydrogens (tertiary/aromatic N) is 2. The highest BCUT2D eigenvalue weighted by atomic mass is 32.2. The van der Waals surface area contributed by atoms with Crippen LogP contribution in [0.2, 0.25) is 0 Å². The van der Waals surface area contributed by atoms with Gasteiger partial charge < -0.3 is 10.2 Å². The smallest absolute Gasteiger partial charge is 0.264 e. The van der Waals surface area contributed by atoms with Crippen molar-refractivity contribution in [1.82, 2.24) is 10.2 Å². The lowest BCUT2D eigenvalue weighted by molar-refractivity contribution is -0.119. The number of hydrogen-bond donors (Lipinski definition) is 1. The minimum atomic E-state index is -3.88. The predicted octanol–water partition coefficient (Wildman–Crippen LogP) is 3.74. The Morgan fingerprint density at radius 2 is 1.78 bits per heavy atom. The molecule has 6 nitrogen and oxygen atoms in total. The number of hydrogen-bond acceptors (Lipinski definition) is 4. The molecule has 0 bridgehead atoms. The van der Waals surface area contributed by atoms with Gasteiger partial charge in [-0.25, -0.2) is 8.42 Å². The van der Waals surface area contributed by atoms with Gasteiger partial charge in [0.25, 0.3) is 10.0 Å². The number of sulfonamides is 1. The SMILES string of the molecule is Cc1ccc(C)c(N(CC(=O)NCCCN2CCC(C)CC2)S(=O)(=O)c2ccccc2)c1. The minimum absolute atomic E-state index is 0.174. The van der Waals surface area contributed by atoms with Gasteiger partial charge in [-0.05, 0) is 88.0 Å². The van der Waals surface area contributed by atoms with Gasteiger partial charge in [-0.15, -0.1) is 0 Å². The van der Waals surface area contributed by atoms with Gasteiger partial charge in [0.15, 0.2) is 0 Å². The second kappa shape index (κ2) is 11.0. The number of carbonyl (C=O) groups is 1. The molecule has 1 saturated heterocycles. The number of nitrogens with one attached hydrogen (secondary N) is 1. The summed E-state index contributed by atoms with van der Waals surface area (Å²) in [5.74, 6) is 0.506. The van der Waals surface area contributed by atoms with Crippen LogP contribution in [0.5, 0.6) is 0 Å². The zero-order valence-corrected chi connectivity index (χ0v) is 20.2. The average molecular weight is 458 g/mol. The lowest BCUT2D eigenvalue weighted by Gasteiger charge is -2.30. The third-order valence-electron chi connectivity index (χ3n) is 6.10. The van der Waals surface area contributed by atoms with E-state index in [1.807, 2.05) is 32.0 Å². The largest absolute Gasteiger partial charge is 0.354 e. The van der Waals surface area contributed by atoms with Crippen LogP contribution in [0.15, 0.2) is 53.4 Å². The normalized spacial score (nSPS) is 15.5. The van der Waals surface area contributed by atoms with Crippen molar-refractivity contribution in [2.24, 2.45) is 5.92 Å². The molecule has 1 N–H and O–H groups in total. The highest BCUT2D eigenvalue weighted by molar-refractivity contribution is 7.92. The molecule has 1 fully saturated rings.